The van der Waals surface area contributed by atoms with E-state index in [2.05, 4.69) is 17.6 Å². The van der Waals surface area contributed by atoms with Gasteiger partial charge in [0.05, 0.1) is 39.9 Å². The molecule has 3 aliphatic heterocycles. The van der Waals surface area contributed by atoms with E-state index in [-0.39, 0.29) is 35.5 Å². The van der Waals surface area contributed by atoms with Gasteiger partial charge in [0.15, 0.2) is 0 Å². The number of nitrogens with one attached hydrogen (secondary N) is 2. The number of para-hydroxylation sites is 2. The number of aliphatic hydroxyl groups excluding tert-OH is 1. The molecular weight excluding hydrogens is 558 g/mol. The maximum absolute atomic E-state index is 14.6. The van der Waals surface area contributed by atoms with Gasteiger partial charge in [-0.2, -0.15) is 0 Å². The van der Waals surface area contributed by atoms with Crippen molar-refractivity contribution in [2.45, 2.75) is 42.3 Å². The molecule has 3 fully saturated rings. The van der Waals surface area contributed by atoms with Crippen LogP contribution in [0.5, 0.6) is 0 Å². The SMILES string of the molecule is Cc1cccc(Cl)c1NC(=O)C1N([C@H](CO)c2ccccc2)C(=O)[C@@H]2[C@@H](C(=O)Nc3ccccc3)[C@H]3CC(C)C12S3. The topological polar surface area (TPSA) is 98.7 Å². The quantitative estimate of drug-likeness (QED) is 0.348. The second kappa shape index (κ2) is 10.8. The van der Waals surface area contributed by atoms with Gasteiger partial charge < -0.3 is 20.6 Å². The number of amides is 3. The smallest absolute Gasteiger partial charge is 0.248 e. The third kappa shape index (κ3) is 4.44. The van der Waals surface area contributed by atoms with Gasteiger partial charge in [-0.15, -0.1) is 11.8 Å². The van der Waals surface area contributed by atoms with Crippen molar-refractivity contribution in [1.29, 1.82) is 0 Å². The summed E-state index contributed by atoms with van der Waals surface area (Å²) in [5, 5.41) is 17.0. The zero-order valence-corrected chi connectivity index (χ0v) is 24.4. The maximum Gasteiger partial charge on any atom is 0.248 e. The van der Waals surface area contributed by atoms with E-state index in [9.17, 15) is 19.5 Å². The van der Waals surface area contributed by atoms with Gasteiger partial charge in [0.2, 0.25) is 17.7 Å². The number of rotatable bonds is 7. The van der Waals surface area contributed by atoms with Gasteiger partial charge in [-0.1, -0.05) is 79.2 Å². The number of benzene rings is 3. The molecule has 9 heteroatoms. The molecule has 7 nitrogen and oxygen atoms in total. The summed E-state index contributed by atoms with van der Waals surface area (Å²) in [6.07, 6.45) is 0.708. The van der Waals surface area contributed by atoms with E-state index in [1.54, 1.807) is 22.7 Å². The van der Waals surface area contributed by atoms with E-state index >= 15 is 0 Å². The predicted molar refractivity (Wildman–Crippen MR) is 162 cm³/mol. The maximum atomic E-state index is 14.6. The van der Waals surface area contributed by atoms with Crippen molar-refractivity contribution in [2.24, 2.45) is 17.8 Å². The van der Waals surface area contributed by atoms with E-state index in [0.29, 0.717) is 22.8 Å². The number of hydrogen-bond donors (Lipinski definition) is 3. The first kappa shape index (κ1) is 27.8. The average Bonchev–Trinajstić information content (AvgIpc) is 3.56. The first-order valence-electron chi connectivity index (χ1n) is 13.9. The summed E-state index contributed by atoms with van der Waals surface area (Å²) in [6, 6.07) is 22.2. The van der Waals surface area contributed by atoms with Crippen LogP contribution in [-0.4, -0.2) is 50.4 Å². The molecule has 0 aromatic heterocycles. The third-order valence-corrected chi connectivity index (χ3v) is 11.3. The van der Waals surface area contributed by atoms with Crippen LogP contribution in [-0.2, 0) is 14.4 Å². The van der Waals surface area contributed by atoms with E-state index in [4.69, 9.17) is 11.6 Å². The molecule has 3 saturated heterocycles. The number of aryl methyl sites for hydroxylation is 1. The summed E-state index contributed by atoms with van der Waals surface area (Å²) in [5.41, 5.74) is 2.68. The zero-order valence-electron chi connectivity index (χ0n) is 22.8. The third-order valence-electron chi connectivity index (χ3n) is 8.94. The highest BCUT2D eigenvalue weighted by molar-refractivity contribution is 8.02. The minimum Gasteiger partial charge on any atom is -0.394 e. The second-order valence-electron chi connectivity index (χ2n) is 11.2. The van der Waals surface area contributed by atoms with Crippen LogP contribution in [0.25, 0.3) is 0 Å². The molecule has 1 spiro atoms. The molecule has 0 saturated carbocycles. The minimum atomic E-state index is -0.924. The fourth-order valence-electron chi connectivity index (χ4n) is 7.15. The minimum absolute atomic E-state index is 0.0181. The second-order valence-corrected chi connectivity index (χ2v) is 13.1. The van der Waals surface area contributed by atoms with Crippen LogP contribution in [0, 0.1) is 24.7 Å². The van der Waals surface area contributed by atoms with Crippen molar-refractivity contribution in [3.05, 3.63) is 95.0 Å². The molecule has 3 unspecified atom stereocenters. The number of hydrogen-bond acceptors (Lipinski definition) is 5. The monoisotopic (exact) mass is 589 g/mol. The molecule has 7 atom stereocenters. The van der Waals surface area contributed by atoms with Crippen molar-refractivity contribution in [3.63, 3.8) is 0 Å². The summed E-state index contributed by atoms with van der Waals surface area (Å²) in [7, 11) is 0. The van der Waals surface area contributed by atoms with Gasteiger partial charge in [-0.05, 0) is 48.6 Å². The Morgan fingerprint density at radius 3 is 2.37 bits per heavy atom. The van der Waals surface area contributed by atoms with Crippen molar-refractivity contribution in [3.8, 4) is 0 Å². The van der Waals surface area contributed by atoms with Crippen molar-refractivity contribution in [1.82, 2.24) is 4.90 Å². The highest BCUT2D eigenvalue weighted by Gasteiger charge is 2.76. The number of nitrogens with zero attached hydrogens (tertiary/aromatic N) is 1. The molecule has 3 aromatic carbocycles. The lowest BCUT2D eigenvalue weighted by Crippen LogP contribution is -2.55. The van der Waals surface area contributed by atoms with Crippen LogP contribution in [0.4, 0.5) is 11.4 Å². The van der Waals surface area contributed by atoms with Crippen molar-refractivity contribution in [2.75, 3.05) is 17.2 Å². The Hall–Kier alpha value is -3.33. The number of aliphatic hydroxyl groups is 1. The average molecular weight is 590 g/mol. The molecule has 6 rings (SSSR count). The van der Waals surface area contributed by atoms with Crippen molar-refractivity contribution >= 4 is 52.5 Å². The first-order valence-corrected chi connectivity index (χ1v) is 15.1. The summed E-state index contributed by atoms with van der Waals surface area (Å²) >= 11 is 8.09. The fourth-order valence-corrected chi connectivity index (χ4v) is 9.83. The first-order chi connectivity index (χ1) is 19.8. The standard InChI is InChI=1S/C32H32ClN3O4S/c1-18-10-9-15-22(33)27(18)35-30(39)28-32-19(2)16-24(41-32)25(29(38)34-21-13-7-4-8-14-21)26(32)31(40)36(28)23(17-37)20-11-5-3-6-12-20/h3-15,19,23-26,28,37H,16-17H2,1-2H3,(H,34,38)(H,35,39)/t19?,23-,24-,25+,26+,28?,32?/m1/s1. The molecule has 3 heterocycles. The van der Waals surface area contributed by atoms with Crippen LogP contribution >= 0.6 is 23.4 Å². The van der Waals surface area contributed by atoms with E-state index < -0.39 is 28.7 Å². The van der Waals surface area contributed by atoms with E-state index in [0.717, 1.165) is 11.1 Å². The number of carbonyl (C=O) groups is 3. The van der Waals surface area contributed by atoms with Crippen LogP contribution < -0.4 is 10.6 Å². The lowest BCUT2D eigenvalue weighted by Gasteiger charge is -2.40. The summed E-state index contributed by atoms with van der Waals surface area (Å²) < 4.78 is -0.845. The summed E-state index contributed by atoms with van der Waals surface area (Å²) in [5.74, 6) is -2.21. The van der Waals surface area contributed by atoms with Gasteiger partial charge in [-0.25, -0.2) is 0 Å². The summed E-state index contributed by atoms with van der Waals surface area (Å²) in [4.78, 5) is 44.3. The molecule has 0 aliphatic carbocycles. The number of fused-ring (bicyclic) bond motifs is 1. The Labute approximate surface area is 248 Å². The Bertz CT molecular complexity index is 1470. The van der Waals surface area contributed by atoms with Gasteiger partial charge in [0, 0.05) is 10.9 Å². The Morgan fingerprint density at radius 1 is 1.02 bits per heavy atom. The molecule has 3 aromatic rings. The normalized spacial score (nSPS) is 28.8. The lowest BCUT2D eigenvalue weighted by atomic mass is 9.66. The van der Waals surface area contributed by atoms with Crippen LogP contribution in [0.3, 0.4) is 0 Å². The van der Waals surface area contributed by atoms with Gasteiger partial charge in [-0.3, -0.25) is 14.4 Å². The molecule has 3 aliphatic rings. The predicted octanol–water partition coefficient (Wildman–Crippen LogP) is 5.30. The van der Waals surface area contributed by atoms with Crippen LogP contribution in [0.1, 0.15) is 30.5 Å². The Kier molecular flexibility index (Phi) is 7.34. The molecule has 212 valence electrons. The number of likely N-dealkylation sites (tertiary alicyclic amines) is 1. The number of anilines is 2. The fraction of sp³-hybridized carbons (Fsp3) is 0.344. The largest absolute Gasteiger partial charge is 0.394 e. The number of halogens is 1. The molecule has 0 radical (unpaired) electrons. The van der Waals surface area contributed by atoms with Gasteiger partial charge in [0.1, 0.15) is 6.04 Å². The van der Waals surface area contributed by atoms with Crippen LogP contribution in [0.2, 0.25) is 5.02 Å². The Morgan fingerprint density at radius 2 is 1.71 bits per heavy atom. The molecule has 3 amide bonds. The molecule has 2 bridgehead atoms. The molecule has 41 heavy (non-hydrogen) atoms. The molecule has 3 N–H and O–H groups in total. The van der Waals surface area contributed by atoms with E-state index in [1.165, 1.54) is 0 Å². The summed E-state index contributed by atoms with van der Waals surface area (Å²) in [6.45, 7) is 3.57. The lowest BCUT2D eigenvalue weighted by molar-refractivity contribution is -0.141. The Balaban J connectivity index is 1.44. The highest BCUT2D eigenvalue weighted by atomic mass is 35.5. The number of thioether (sulfide) groups is 1. The highest BCUT2D eigenvalue weighted by Crippen LogP contribution is 2.69. The zero-order chi connectivity index (χ0) is 28.9. The van der Waals surface area contributed by atoms with Gasteiger partial charge in [0.25, 0.3) is 0 Å². The van der Waals surface area contributed by atoms with E-state index in [1.807, 2.05) is 79.7 Å². The molecular formula is C32H32ClN3O4S. The van der Waals surface area contributed by atoms with Gasteiger partial charge >= 0.3 is 0 Å². The van der Waals surface area contributed by atoms with Crippen LogP contribution in [0.15, 0.2) is 78.9 Å². The van der Waals surface area contributed by atoms with Crippen molar-refractivity contribution < 1.29 is 19.5 Å². The number of carbonyl (C=O) groups excluding carboxylic acids is 3.